The minimum absolute atomic E-state index is 0.0674. The van der Waals surface area contributed by atoms with E-state index in [9.17, 15) is 9.50 Å². The van der Waals surface area contributed by atoms with Crippen LogP contribution in [-0.2, 0) is 0 Å². The van der Waals surface area contributed by atoms with Gasteiger partial charge in [0.25, 0.3) is 0 Å². The fourth-order valence-corrected chi connectivity index (χ4v) is 2.29. The van der Waals surface area contributed by atoms with Gasteiger partial charge < -0.3 is 5.11 Å². The molecule has 0 atom stereocenters. The fourth-order valence-electron chi connectivity index (χ4n) is 1.06. The van der Waals surface area contributed by atoms with Crippen LogP contribution in [0.5, 0.6) is 5.75 Å². The lowest BCUT2D eigenvalue weighted by Crippen LogP contribution is -1.70. The predicted octanol–water partition coefficient (Wildman–Crippen LogP) is 3.03. The molecule has 1 N–H and O–H groups in total. The summed E-state index contributed by atoms with van der Waals surface area (Å²) in [6.45, 7) is 0. The lowest BCUT2D eigenvalue weighted by molar-refractivity contribution is 0.473. The molecule has 0 saturated heterocycles. The summed E-state index contributed by atoms with van der Waals surface area (Å²) in [5, 5.41) is 9.92. The normalized spacial score (nSPS) is 10.8. The highest BCUT2D eigenvalue weighted by Crippen LogP contribution is 2.39. The van der Waals surface area contributed by atoms with E-state index in [1.54, 1.807) is 12.1 Å². The number of benzene rings is 1. The number of rotatable bonds is 0. The number of hydrogen-bond acceptors (Lipinski definition) is 3. The van der Waals surface area contributed by atoms with E-state index in [-0.39, 0.29) is 11.6 Å². The molecule has 1 aromatic carbocycles. The summed E-state index contributed by atoms with van der Waals surface area (Å²) in [5.74, 6) is -0.245. The van der Waals surface area contributed by atoms with Gasteiger partial charge in [-0.1, -0.05) is 6.07 Å². The Hall–Kier alpha value is -0.740. The highest BCUT2D eigenvalue weighted by atomic mass is 32.2. The molecule has 0 saturated carbocycles. The second kappa shape index (κ2) is 2.64. The topological polar surface area (TPSA) is 20.2 Å². The second-order valence-electron chi connectivity index (χ2n) is 2.37. The maximum atomic E-state index is 13.0. The molecule has 0 radical (unpaired) electrons. The zero-order chi connectivity index (χ0) is 8.72. The van der Waals surface area contributed by atoms with Crippen molar-refractivity contribution < 1.29 is 9.50 Å². The molecule has 12 heavy (non-hydrogen) atoms. The summed E-state index contributed by atoms with van der Waals surface area (Å²) in [6, 6.07) is 4.60. The summed E-state index contributed by atoms with van der Waals surface area (Å²) in [6.07, 6.45) is 0. The molecule has 0 fully saturated rings. The minimum atomic E-state index is -0.312. The maximum Gasteiger partial charge on any atom is 0.147 e. The average molecular weight is 200 g/mol. The van der Waals surface area contributed by atoms with Crippen molar-refractivity contribution in [3.05, 3.63) is 24.0 Å². The summed E-state index contributed by atoms with van der Waals surface area (Å²) in [7, 11) is 0. The molecule has 0 aliphatic rings. The first-order valence-corrected chi connectivity index (χ1v) is 4.55. The summed E-state index contributed by atoms with van der Waals surface area (Å²) < 4.78 is 14.0. The van der Waals surface area contributed by atoms with Crippen molar-refractivity contribution in [3.8, 4) is 5.75 Å². The summed E-state index contributed by atoms with van der Waals surface area (Å²) in [5.41, 5.74) is 0. The molecule has 0 aliphatic carbocycles. The van der Waals surface area contributed by atoms with Crippen LogP contribution in [0.15, 0.2) is 22.4 Å². The molecule has 2 rings (SSSR count). The minimum Gasteiger partial charge on any atom is -0.505 e. The van der Waals surface area contributed by atoms with E-state index in [1.807, 2.05) is 0 Å². The Balaban J connectivity index is 2.95. The van der Waals surface area contributed by atoms with E-state index < -0.39 is 0 Å². The Labute approximate surface area is 77.9 Å². The average Bonchev–Trinajstić information content (AvgIpc) is 2.32. The first-order valence-electron chi connectivity index (χ1n) is 3.29. The molecule has 1 nitrogen and oxygen atoms in total. The quantitative estimate of drug-likeness (QED) is 0.626. The Bertz CT molecular complexity index is 436. The zero-order valence-electron chi connectivity index (χ0n) is 5.91. The SMILES string of the molecule is Oc1c(S)sc2c(F)cccc12. The maximum absolute atomic E-state index is 13.0. The third kappa shape index (κ3) is 0.990. The van der Waals surface area contributed by atoms with Crippen molar-refractivity contribution in [3.63, 3.8) is 0 Å². The van der Waals surface area contributed by atoms with Crippen LogP contribution in [-0.4, -0.2) is 5.11 Å². The van der Waals surface area contributed by atoms with Crippen LogP contribution in [0, 0.1) is 5.82 Å². The monoisotopic (exact) mass is 200 g/mol. The van der Waals surface area contributed by atoms with Crippen LogP contribution >= 0.6 is 24.0 Å². The molecule has 0 spiro atoms. The van der Waals surface area contributed by atoms with Gasteiger partial charge in [0.15, 0.2) is 0 Å². The third-order valence-electron chi connectivity index (χ3n) is 1.62. The Kier molecular flexibility index (Phi) is 1.73. The molecule has 0 amide bonds. The van der Waals surface area contributed by atoms with Gasteiger partial charge in [-0.2, -0.15) is 0 Å². The van der Waals surface area contributed by atoms with Gasteiger partial charge in [0.1, 0.15) is 15.8 Å². The molecule has 2 aromatic rings. The second-order valence-corrected chi connectivity index (χ2v) is 4.14. The molecule has 4 heteroatoms. The molecule has 1 aromatic heterocycles. The van der Waals surface area contributed by atoms with Crippen molar-refractivity contribution in [2.75, 3.05) is 0 Å². The van der Waals surface area contributed by atoms with E-state index in [0.29, 0.717) is 14.3 Å². The smallest absolute Gasteiger partial charge is 0.147 e. The van der Waals surface area contributed by atoms with Gasteiger partial charge in [0, 0.05) is 5.39 Å². The highest BCUT2D eigenvalue weighted by Gasteiger charge is 2.10. The van der Waals surface area contributed by atoms with Crippen molar-refractivity contribution in [2.24, 2.45) is 0 Å². The standard InChI is InChI=1S/C8H5FOS2/c9-5-3-1-2-4-6(10)8(11)12-7(4)5/h1-3,10-11H. The third-order valence-corrected chi connectivity index (χ3v) is 3.11. The molecular weight excluding hydrogens is 195 g/mol. The van der Waals surface area contributed by atoms with E-state index in [0.717, 1.165) is 11.3 Å². The van der Waals surface area contributed by atoms with Gasteiger partial charge in [0.05, 0.1) is 4.70 Å². The van der Waals surface area contributed by atoms with Gasteiger partial charge in [-0.05, 0) is 12.1 Å². The van der Waals surface area contributed by atoms with Crippen LogP contribution in [0.4, 0.5) is 4.39 Å². The lowest BCUT2D eigenvalue weighted by atomic mass is 10.2. The lowest BCUT2D eigenvalue weighted by Gasteiger charge is -1.90. The molecule has 0 bridgehead atoms. The van der Waals surface area contributed by atoms with Crippen LogP contribution in [0.25, 0.3) is 10.1 Å². The molecule has 0 aliphatic heterocycles. The molecule has 1 heterocycles. The van der Waals surface area contributed by atoms with Crippen LogP contribution in [0.1, 0.15) is 0 Å². The van der Waals surface area contributed by atoms with Crippen molar-refractivity contribution >= 4 is 34.1 Å². The summed E-state index contributed by atoms with van der Waals surface area (Å²) in [4.78, 5) is 0. The number of fused-ring (bicyclic) bond motifs is 1. The van der Waals surface area contributed by atoms with Crippen molar-refractivity contribution in [1.82, 2.24) is 0 Å². The Morgan fingerprint density at radius 3 is 2.83 bits per heavy atom. The number of thiophene rings is 1. The van der Waals surface area contributed by atoms with Gasteiger partial charge in [-0.15, -0.1) is 24.0 Å². The Morgan fingerprint density at radius 1 is 1.42 bits per heavy atom. The Morgan fingerprint density at radius 2 is 2.17 bits per heavy atom. The van der Waals surface area contributed by atoms with E-state index in [2.05, 4.69) is 12.6 Å². The number of aromatic hydroxyl groups is 1. The van der Waals surface area contributed by atoms with Gasteiger partial charge in [0.2, 0.25) is 0 Å². The highest BCUT2D eigenvalue weighted by molar-refractivity contribution is 7.83. The van der Waals surface area contributed by atoms with E-state index in [1.165, 1.54) is 6.07 Å². The molecule has 0 unspecified atom stereocenters. The van der Waals surface area contributed by atoms with Gasteiger partial charge in [-0.3, -0.25) is 0 Å². The van der Waals surface area contributed by atoms with Gasteiger partial charge >= 0.3 is 0 Å². The van der Waals surface area contributed by atoms with E-state index in [4.69, 9.17) is 0 Å². The first-order chi connectivity index (χ1) is 5.70. The van der Waals surface area contributed by atoms with Crippen molar-refractivity contribution in [2.45, 2.75) is 4.21 Å². The van der Waals surface area contributed by atoms with Crippen LogP contribution in [0.2, 0.25) is 0 Å². The first kappa shape index (κ1) is 7.89. The zero-order valence-corrected chi connectivity index (χ0v) is 7.62. The number of hydrogen-bond donors (Lipinski definition) is 2. The molecule has 62 valence electrons. The van der Waals surface area contributed by atoms with Crippen LogP contribution < -0.4 is 0 Å². The number of halogens is 1. The molecular formula is C8H5FOS2. The fraction of sp³-hybridized carbons (Fsp3) is 0. The predicted molar refractivity (Wildman–Crippen MR) is 50.7 cm³/mol. The van der Waals surface area contributed by atoms with Gasteiger partial charge in [-0.25, -0.2) is 4.39 Å². The van der Waals surface area contributed by atoms with Crippen LogP contribution in [0.3, 0.4) is 0 Å². The van der Waals surface area contributed by atoms with E-state index >= 15 is 0 Å². The van der Waals surface area contributed by atoms with Crippen molar-refractivity contribution in [1.29, 1.82) is 0 Å². The summed E-state index contributed by atoms with van der Waals surface area (Å²) >= 11 is 5.15. The largest absolute Gasteiger partial charge is 0.505 e. The number of thiol groups is 1.